The van der Waals surface area contributed by atoms with E-state index in [1.807, 2.05) is 30.3 Å². The van der Waals surface area contributed by atoms with Gasteiger partial charge in [-0.1, -0.05) is 57.3 Å². The maximum absolute atomic E-state index is 6.21. The fourth-order valence-corrected chi connectivity index (χ4v) is 3.05. The molecule has 0 radical (unpaired) electrons. The molecule has 94 valence electrons. The van der Waals surface area contributed by atoms with Crippen LogP contribution in [0.1, 0.15) is 16.0 Å². The third kappa shape index (κ3) is 2.82. The van der Waals surface area contributed by atoms with Crippen molar-refractivity contribution in [1.29, 1.82) is 0 Å². The molecule has 0 heterocycles. The van der Waals surface area contributed by atoms with Crippen LogP contribution in [0.5, 0.6) is 5.75 Å². The van der Waals surface area contributed by atoms with Crippen molar-refractivity contribution >= 4 is 39.1 Å². The monoisotopic (exact) mass is 344 g/mol. The van der Waals surface area contributed by atoms with Crippen LogP contribution in [-0.2, 0) is 0 Å². The van der Waals surface area contributed by atoms with E-state index in [2.05, 4.69) is 15.9 Å². The molecule has 0 aliphatic rings. The fourth-order valence-electron chi connectivity index (χ4n) is 1.75. The van der Waals surface area contributed by atoms with Crippen LogP contribution in [0.4, 0.5) is 0 Å². The summed E-state index contributed by atoms with van der Waals surface area (Å²) in [6.45, 7) is 0. The van der Waals surface area contributed by atoms with Gasteiger partial charge >= 0.3 is 0 Å². The van der Waals surface area contributed by atoms with Gasteiger partial charge in [0, 0.05) is 15.6 Å². The van der Waals surface area contributed by atoms with Crippen molar-refractivity contribution in [3.63, 3.8) is 0 Å². The van der Waals surface area contributed by atoms with Gasteiger partial charge in [-0.2, -0.15) is 0 Å². The summed E-state index contributed by atoms with van der Waals surface area (Å²) in [6.07, 6.45) is 0. The van der Waals surface area contributed by atoms with E-state index < -0.39 is 0 Å². The third-order valence-corrected chi connectivity index (χ3v) is 4.21. The first-order valence-electron chi connectivity index (χ1n) is 5.35. The molecule has 0 N–H and O–H groups in total. The van der Waals surface area contributed by atoms with Gasteiger partial charge in [0.15, 0.2) is 0 Å². The lowest BCUT2D eigenvalue weighted by atomic mass is 10.0. The van der Waals surface area contributed by atoms with Crippen molar-refractivity contribution in [2.45, 2.75) is 4.83 Å². The van der Waals surface area contributed by atoms with Crippen LogP contribution in [0.25, 0.3) is 0 Å². The minimum absolute atomic E-state index is 0.0557. The smallest absolute Gasteiger partial charge is 0.123 e. The van der Waals surface area contributed by atoms with Crippen LogP contribution in [0.3, 0.4) is 0 Å². The number of alkyl halides is 1. The zero-order valence-corrected chi connectivity index (χ0v) is 12.8. The predicted octanol–water partition coefficient (Wildman–Crippen LogP) is 5.49. The number of hydrogen-bond acceptors (Lipinski definition) is 1. The Bertz CT molecular complexity index is 557. The first-order chi connectivity index (χ1) is 8.63. The largest absolute Gasteiger partial charge is 0.496 e. The molecule has 0 fully saturated rings. The highest BCUT2D eigenvalue weighted by Gasteiger charge is 2.17. The van der Waals surface area contributed by atoms with E-state index in [0.717, 1.165) is 16.9 Å². The van der Waals surface area contributed by atoms with Gasteiger partial charge < -0.3 is 4.74 Å². The van der Waals surface area contributed by atoms with Gasteiger partial charge in [0.05, 0.1) is 11.9 Å². The third-order valence-electron chi connectivity index (χ3n) is 2.64. The highest BCUT2D eigenvalue weighted by atomic mass is 79.9. The minimum atomic E-state index is -0.0557. The number of ether oxygens (including phenoxy) is 1. The second-order valence-corrected chi connectivity index (χ2v) is 5.53. The van der Waals surface area contributed by atoms with E-state index in [-0.39, 0.29) is 4.83 Å². The number of benzene rings is 2. The van der Waals surface area contributed by atoms with Crippen LogP contribution >= 0.6 is 39.1 Å². The second kappa shape index (κ2) is 5.96. The summed E-state index contributed by atoms with van der Waals surface area (Å²) in [5.74, 6) is 0.815. The molecular formula is C14H11BrCl2O. The normalized spacial score (nSPS) is 12.2. The number of rotatable bonds is 3. The van der Waals surface area contributed by atoms with E-state index in [4.69, 9.17) is 27.9 Å². The minimum Gasteiger partial charge on any atom is -0.496 e. The summed E-state index contributed by atoms with van der Waals surface area (Å²) in [7, 11) is 1.65. The molecule has 0 saturated carbocycles. The summed E-state index contributed by atoms with van der Waals surface area (Å²) >= 11 is 15.9. The maximum Gasteiger partial charge on any atom is 0.123 e. The van der Waals surface area contributed by atoms with E-state index >= 15 is 0 Å². The van der Waals surface area contributed by atoms with E-state index in [9.17, 15) is 0 Å². The standard InChI is InChI=1S/C14H11BrCl2O/c1-18-13-5-3-2-4-10(13)14(15)11-8-9(16)6-7-12(11)17/h2-8,14H,1H3. The molecule has 0 spiro atoms. The lowest BCUT2D eigenvalue weighted by molar-refractivity contribution is 0.410. The van der Waals surface area contributed by atoms with Crippen LogP contribution in [-0.4, -0.2) is 7.11 Å². The van der Waals surface area contributed by atoms with Crippen LogP contribution in [0.2, 0.25) is 10.0 Å². The van der Waals surface area contributed by atoms with E-state index in [1.54, 1.807) is 19.2 Å². The average Bonchev–Trinajstić information content (AvgIpc) is 2.40. The second-order valence-electron chi connectivity index (χ2n) is 3.77. The van der Waals surface area contributed by atoms with Crippen molar-refractivity contribution in [1.82, 2.24) is 0 Å². The summed E-state index contributed by atoms with van der Waals surface area (Å²) < 4.78 is 5.35. The quantitative estimate of drug-likeness (QED) is 0.668. The molecule has 0 saturated heterocycles. The zero-order chi connectivity index (χ0) is 13.1. The van der Waals surface area contributed by atoms with Gasteiger partial charge in [-0.3, -0.25) is 0 Å². The van der Waals surface area contributed by atoms with Crippen molar-refractivity contribution in [3.8, 4) is 5.75 Å². The molecule has 0 aliphatic carbocycles. The number of halogens is 3. The molecule has 2 aromatic carbocycles. The molecule has 0 bridgehead atoms. The molecule has 0 amide bonds. The lowest BCUT2D eigenvalue weighted by Crippen LogP contribution is -1.97. The first kappa shape index (κ1) is 13.7. The summed E-state index contributed by atoms with van der Waals surface area (Å²) in [5, 5.41) is 1.33. The number of para-hydroxylation sites is 1. The zero-order valence-electron chi connectivity index (χ0n) is 9.66. The Morgan fingerprint density at radius 2 is 1.78 bits per heavy atom. The number of methoxy groups -OCH3 is 1. The van der Waals surface area contributed by atoms with Gasteiger partial charge in [-0.25, -0.2) is 0 Å². The highest BCUT2D eigenvalue weighted by molar-refractivity contribution is 9.09. The molecule has 1 nitrogen and oxygen atoms in total. The maximum atomic E-state index is 6.21. The molecule has 2 aromatic rings. The summed E-state index contributed by atoms with van der Waals surface area (Å²) in [5.41, 5.74) is 1.94. The number of hydrogen-bond donors (Lipinski definition) is 0. The molecule has 0 aliphatic heterocycles. The van der Waals surface area contributed by atoms with Crippen molar-refractivity contribution in [3.05, 3.63) is 63.6 Å². The van der Waals surface area contributed by atoms with Gasteiger partial charge in [-0.05, 0) is 29.8 Å². The lowest BCUT2D eigenvalue weighted by Gasteiger charge is -2.16. The Hall–Kier alpha value is -0.700. The Kier molecular flexibility index (Phi) is 4.55. The van der Waals surface area contributed by atoms with Crippen LogP contribution < -0.4 is 4.74 Å². The molecule has 4 heteroatoms. The summed E-state index contributed by atoms with van der Waals surface area (Å²) in [4.78, 5) is -0.0557. The Labute approximate surface area is 125 Å². The Balaban J connectivity index is 2.47. The van der Waals surface area contributed by atoms with Crippen molar-refractivity contribution in [2.75, 3.05) is 7.11 Å². The molecule has 1 unspecified atom stereocenters. The summed E-state index contributed by atoms with van der Waals surface area (Å²) in [6, 6.07) is 13.2. The fraction of sp³-hybridized carbons (Fsp3) is 0.143. The molecule has 0 aromatic heterocycles. The van der Waals surface area contributed by atoms with Gasteiger partial charge in [0.2, 0.25) is 0 Å². The molecule has 1 atom stereocenters. The molecular weight excluding hydrogens is 335 g/mol. The molecule has 2 rings (SSSR count). The SMILES string of the molecule is COc1ccccc1C(Br)c1cc(Cl)ccc1Cl. The predicted molar refractivity (Wildman–Crippen MR) is 80.2 cm³/mol. The Morgan fingerprint density at radius 3 is 2.50 bits per heavy atom. The van der Waals surface area contributed by atoms with E-state index in [0.29, 0.717) is 10.0 Å². The van der Waals surface area contributed by atoms with Crippen molar-refractivity contribution < 1.29 is 4.74 Å². The van der Waals surface area contributed by atoms with Crippen LogP contribution in [0.15, 0.2) is 42.5 Å². The van der Waals surface area contributed by atoms with Gasteiger partial charge in [0.25, 0.3) is 0 Å². The highest BCUT2D eigenvalue weighted by Crippen LogP contribution is 2.40. The van der Waals surface area contributed by atoms with E-state index in [1.165, 1.54) is 0 Å². The van der Waals surface area contributed by atoms with Crippen molar-refractivity contribution in [2.24, 2.45) is 0 Å². The van der Waals surface area contributed by atoms with Gasteiger partial charge in [-0.15, -0.1) is 0 Å². The average molecular weight is 346 g/mol. The Morgan fingerprint density at radius 1 is 1.06 bits per heavy atom. The molecule has 18 heavy (non-hydrogen) atoms. The van der Waals surface area contributed by atoms with Gasteiger partial charge in [0.1, 0.15) is 5.75 Å². The first-order valence-corrected chi connectivity index (χ1v) is 7.02. The topological polar surface area (TPSA) is 9.23 Å². The van der Waals surface area contributed by atoms with Crippen LogP contribution in [0, 0.1) is 0 Å².